The van der Waals surface area contributed by atoms with Crippen LogP contribution in [0.1, 0.15) is 5.56 Å². The topological polar surface area (TPSA) is 69.4 Å². The molecule has 0 radical (unpaired) electrons. The first kappa shape index (κ1) is 13.0. The summed E-state index contributed by atoms with van der Waals surface area (Å²) in [5, 5.41) is 3.15. The Hall–Kier alpha value is -2.43. The van der Waals surface area contributed by atoms with Gasteiger partial charge in [0, 0.05) is 30.1 Å². The van der Waals surface area contributed by atoms with Crippen LogP contribution < -0.4 is 20.5 Å². The van der Waals surface area contributed by atoms with Crippen molar-refractivity contribution in [2.45, 2.75) is 6.92 Å². The Morgan fingerprint density at radius 2 is 1.68 bits per heavy atom. The molecule has 0 unspecified atom stereocenters. The lowest BCUT2D eigenvalue weighted by Crippen LogP contribution is -2.00. The number of anilines is 3. The Bertz CT molecular complexity index is 563. The molecular weight excluding hydrogens is 242 g/mol. The highest BCUT2D eigenvalue weighted by atomic mass is 16.5. The van der Waals surface area contributed by atoms with E-state index in [1.165, 1.54) is 0 Å². The summed E-state index contributed by atoms with van der Waals surface area (Å²) in [6.07, 6.45) is 1.76. The maximum absolute atomic E-state index is 5.92. The minimum absolute atomic E-state index is 0.599. The highest BCUT2D eigenvalue weighted by Gasteiger charge is 2.05. The summed E-state index contributed by atoms with van der Waals surface area (Å²) in [4.78, 5) is 4.27. The van der Waals surface area contributed by atoms with Crippen LogP contribution in [0.3, 0.4) is 0 Å². The van der Waals surface area contributed by atoms with Crippen LogP contribution in [0, 0.1) is 6.92 Å². The molecule has 100 valence electrons. The molecule has 1 aromatic heterocycles. The molecule has 2 rings (SSSR count). The first-order valence-electron chi connectivity index (χ1n) is 5.84. The zero-order valence-corrected chi connectivity index (χ0v) is 11.2. The summed E-state index contributed by atoms with van der Waals surface area (Å²) >= 11 is 0. The Labute approximate surface area is 112 Å². The third-order valence-electron chi connectivity index (χ3n) is 2.67. The van der Waals surface area contributed by atoms with Crippen molar-refractivity contribution in [2.75, 3.05) is 25.3 Å². The van der Waals surface area contributed by atoms with E-state index in [0.717, 1.165) is 11.3 Å². The van der Waals surface area contributed by atoms with Crippen LogP contribution in [0.2, 0.25) is 0 Å². The lowest BCUT2D eigenvalue weighted by molar-refractivity contribution is 0.395. The van der Waals surface area contributed by atoms with E-state index in [-0.39, 0.29) is 0 Å². The summed E-state index contributed by atoms with van der Waals surface area (Å²) < 4.78 is 10.4. The summed E-state index contributed by atoms with van der Waals surface area (Å²) in [6, 6.07) is 7.37. The molecular formula is C14H17N3O2. The molecule has 5 heteroatoms. The average Bonchev–Trinajstić information content (AvgIpc) is 2.41. The number of rotatable bonds is 4. The van der Waals surface area contributed by atoms with Crippen molar-refractivity contribution in [1.82, 2.24) is 4.98 Å². The number of nitrogens with one attached hydrogen (secondary N) is 1. The Morgan fingerprint density at radius 3 is 2.21 bits per heavy atom. The number of aryl methyl sites for hydroxylation is 1. The molecule has 0 aliphatic rings. The lowest BCUT2D eigenvalue weighted by atomic mass is 10.2. The maximum Gasteiger partial charge on any atom is 0.153 e. The molecule has 5 nitrogen and oxygen atoms in total. The molecule has 2 aromatic rings. The van der Waals surface area contributed by atoms with Crippen LogP contribution in [-0.4, -0.2) is 19.2 Å². The molecule has 1 heterocycles. The number of aromatic nitrogens is 1. The third-order valence-corrected chi connectivity index (χ3v) is 2.67. The van der Waals surface area contributed by atoms with Gasteiger partial charge < -0.3 is 20.5 Å². The zero-order valence-electron chi connectivity index (χ0n) is 11.2. The quantitative estimate of drug-likeness (QED) is 0.883. The smallest absolute Gasteiger partial charge is 0.153 e. The summed E-state index contributed by atoms with van der Waals surface area (Å²) in [6.45, 7) is 1.95. The standard InChI is InChI=1S/C14H17N3O2/c1-9-4-13(15)14(16-8-9)17-10-5-11(18-2)7-12(6-10)19-3/h4-8H,15H2,1-3H3,(H,16,17). The second-order valence-corrected chi connectivity index (χ2v) is 4.18. The van der Waals surface area contributed by atoms with Crippen molar-refractivity contribution in [1.29, 1.82) is 0 Å². The fourth-order valence-corrected chi connectivity index (χ4v) is 1.71. The number of ether oxygens (including phenoxy) is 2. The van der Waals surface area contributed by atoms with Crippen molar-refractivity contribution in [3.05, 3.63) is 36.0 Å². The van der Waals surface area contributed by atoms with Gasteiger partial charge in [-0.1, -0.05) is 0 Å². The van der Waals surface area contributed by atoms with Gasteiger partial charge in [-0.3, -0.25) is 0 Å². The minimum atomic E-state index is 0.599. The number of hydrogen-bond donors (Lipinski definition) is 2. The monoisotopic (exact) mass is 259 g/mol. The van der Waals surface area contributed by atoms with Gasteiger partial charge in [0.15, 0.2) is 5.82 Å². The predicted octanol–water partition coefficient (Wildman–Crippen LogP) is 2.73. The second-order valence-electron chi connectivity index (χ2n) is 4.18. The summed E-state index contributed by atoms with van der Waals surface area (Å²) in [5.41, 5.74) is 8.35. The SMILES string of the molecule is COc1cc(Nc2ncc(C)cc2N)cc(OC)c1. The lowest BCUT2D eigenvalue weighted by Gasteiger charge is -2.11. The molecule has 0 bridgehead atoms. The minimum Gasteiger partial charge on any atom is -0.497 e. The van der Waals surface area contributed by atoms with E-state index in [0.29, 0.717) is 23.0 Å². The fraction of sp³-hybridized carbons (Fsp3) is 0.214. The van der Waals surface area contributed by atoms with Gasteiger partial charge in [-0.15, -0.1) is 0 Å². The molecule has 0 spiro atoms. The van der Waals surface area contributed by atoms with Crippen LogP contribution in [0.25, 0.3) is 0 Å². The van der Waals surface area contributed by atoms with Crippen LogP contribution in [0.4, 0.5) is 17.2 Å². The van der Waals surface area contributed by atoms with Crippen molar-refractivity contribution >= 4 is 17.2 Å². The van der Waals surface area contributed by atoms with Crippen molar-refractivity contribution in [3.8, 4) is 11.5 Å². The first-order chi connectivity index (χ1) is 9.12. The van der Waals surface area contributed by atoms with E-state index >= 15 is 0 Å². The highest BCUT2D eigenvalue weighted by molar-refractivity contribution is 5.70. The number of nitrogen functional groups attached to an aromatic ring is 1. The number of benzene rings is 1. The van der Waals surface area contributed by atoms with E-state index in [4.69, 9.17) is 15.2 Å². The van der Waals surface area contributed by atoms with Gasteiger partial charge in [0.1, 0.15) is 11.5 Å². The van der Waals surface area contributed by atoms with E-state index < -0.39 is 0 Å². The van der Waals surface area contributed by atoms with Gasteiger partial charge in [-0.05, 0) is 18.6 Å². The Morgan fingerprint density at radius 1 is 1.05 bits per heavy atom. The summed E-state index contributed by atoms with van der Waals surface area (Å²) in [7, 11) is 3.22. The molecule has 3 N–H and O–H groups in total. The van der Waals surface area contributed by atoms with Crippen molar-refractivity contribution < 1.29 is 9.47 Å². The largest absolute Gasteiger partial charge is 0.497 e. The molecule has 0 saturated carbocycles. The van der Waals surface area contributed by atoms with Crippen molar-refractivity contribution in [3.63, 3.8) is 0 Å². The van der Waals surface area contributed by atoms with Gasteiger partial charge in [0.2, 0.25) is 0 Å². The number of methoxy groups -OCH3 is 2. The van der Waals surface area contributed by atoms with Gasteiger partial charge in [0.25, 0.3) is 0 Å². The Kier molecular flexibility index (Phi) is 3.75. The fourth-order valence-electron chi connectivity index (χ4n) is 1.71. The normalized spacial score (nSPS) is 10.1. The van der Waals surface area contributed by atoms with E-state index in [1.807, 2.05) is 25.1 Å². The van der Waals surface area contributed by atoms with Gasteiger partial charge in [0.05, 0.1) is 19.9 Å². The average molecular weight is 259 g/mol. The number of nitrogens with two attached hydrogens (primary N) is 1. The van der Waals surface area contributed by atoms with Gasteiger partial charge in [-0.25, -0.2) is 4.98 Å². The number of hydrogen-bond acceptors (Lipinski definition) is 5. The third kappa shape index (κ3) is 3.07. The molecule has 0 atom stereocenters. The predicted molar refractivity (Wildman–Crippen MR) is 76.2 cm³/mol. The summed E-state index contributed by atoms with van der Waals surface area (Å²) in [5.74, 6) is 2.01. The molecule has 0 amide bonds. The first-order valence-corrected chi connectivity index (χ1v) is 5.84. The number of pyridine rings is 1. The van der Waals surface area contributed by atoms with E-state index in [9.17, 15) is 0 Å². The zero-order chi connectivity index (χ0) is 13.8. The van der Waals surface area contributed by atoms with E-state index in [1.54, 1.807) is 26.5 Å². The second kappa shape index (κ2) is 5.48. The number of nitrogens with zero attached hydrogens (tertiary/aromatic N) is 1. The molecule has 1 aromatic carbocycles. The molecule has 0 aliphatic carbocycles. The molecule has 0 aliphatic heterocycles. The van der Waals surface area contributed by atoms with Crippen LogP contribution in [0.5, 0.6) is 11.5 Å². The van der Waals surface area contributed by atoms with E-state index in [2.05, 4.69) is 10.3 Å². The van der Waals surface area contributed by atoms with Gasteiger partial charge in [-0.2, -0.15) is 0 Å². The highest BCUT2D eigenvalue weighted by Crippen LogP contribution is 2.29. The van der Waals surface area contributed by atoms with Crippen LogP contribution in [0.15, 0.2) is 30.5 Å². The maximum atomic E-state index is 5.92. The Balaban J connectivity index is 2.31. The van der Waals surface area contributed by atoms with Crippen LogP contribution >= 0.6 is 0 Å². The molecule has 19 heavy (non-hydrogen) atoms. The van der Waals surface area contributed by atoms with Gasteiger partial charge >= 0.3 is 0 Å². The molecule has 0 fully saturated rings. The van der Waals surface area contributed by atoms with Crippen LogP contribution in [-0.2, 0) is 0 Å². The molecule has 0 saturated heterocycles. The van der Waals surface area contributed by atoms with Crippen molar-refractivity contribution in [2.24, 2.45) is 0 Å².